The average Bonchev–Trinajstić information content (AvgIpc) is 2.83. The van der Waals surface area contributed by atoms with Crippen LogP contribution in [0.4, 0.5) is 0 Å². The van der Waals surface area contributed by atoms with E-state index >= 15 is 0 Å². The van der Waals surface area contributed by atoms with Crippen LogP contribution in [0.3, 0.4) is 0 Å². The Morgan fingerprint density at radius 3 is 2.84 bits per heavy atom. The molecule has 1 aromatic rings. The second-order valence-corrected chi connectivity index (χ2v) is 5.73. The molecule has 4 nitrogen and oxygen atoms in total. The highest BCUT2D eigenvalue weighted by Crippen LogP contribution is 2.32. The first-order valence-electron chi connectivity index (χ1n) is 6.26. The predicted molar refractivity (Wildman–Crippen MR) is 74.0 cm³/mol. The summed E-state index contributed by atoms with van der Waals surface area (Å²) in [5.74, 6) is 1.78. The van der Waals surface area contributed by atoms with E-state index in [-0.39, 0.29) is 18.1 Å². The Bertz CT molecular complexity index is 474. The van der Waals surface area contributed by atoms with E-state index in [0.717, 1.165) is 6.42 Å². The number of carbonyl (C=O) groups is 1. The van der Waals surface area contributed by atoms with Crippen LogP contribution in [-0.2, 0) is 0 Å². The van der Waals surface area contributed by atoms with E-state index in [1.54, 1.807) is 18.2 Å². The molecule has 0 atom stereocenters. The maximum absolute atomic E-state index is 12.1. The molecule has 0 saturated heterocycles. The first kappa shape index (κ1) is 14.0. The van der Waals surface area contributed by atoms with Crippen LogP contribution in [0.2, 0.25) is 0 Å². The summed E-state index contributed by atoms with van der Waals surface area (Å²) in [6.45, 7) is 4.96. The maximum atomic E-state index is 12.1. The Labute approximate surface area is 118 Å². The van der Waals surface area contributed by atoms with Crippen molar-refractivity contribution in [3.8, 4) is 11.5 Å². The van der Waals surface area contributed by atoms with Gasteiger partial charge in [0.25, 0.3) is 5.91 Å². The number of benzene rings is 1. The molecule has 1 aliphatic heterocycles. The van der Waals surface area contributed by atoms with Crippen molar-refractivity contribution in [3.05, 3.63) is 23.8 Å². The fourth-order valence-electron chi connectivity index (χ4n) is 1.80. The van der Waals surface area contributed by atoms with Crippen LogP contribution in [-0.4, -0.2) is 25.1 Å². The number of nitrogens with one attached hydrogen (secondary N) is 1. The Kier molecular flexibility index (Phi) is 4.20. The predicted octanol–water partition coefficient (Wildman–Crippen LogP) is 2.80. The first-order chi connectivity index (χ1) is 9.02. The highest BCUT2D eigenvalue weighted by atomic mass is 35.5. The molecule has 1 amide bonds. The summed E-state index contributed by atoms with van der Waals surface area (Å²) >= 11 is 5.74. The largest absolute Gasteiger partial charge is 0.454 e. The molecule has 1 aromatic carbocycles. The first-order valence-corrected chi connectivity index (χ1v) is 6.79. The van der Waals surface area contributed by atoms with Gasteiger partial charge in [-0.25, -0.2) is 0 Å². The number of carbonyl (C=O) groups excluding carboxylic acids is 1. The lowest BCUT2D eigenvalue weighted by molar-refractivity contribution is 0.0935. The quantitative estimate of drug-likeness (QED) is 0.845. The number of alkyl halides is 1. The molecule has 0 spiro atoms. The minimum atomic E-state index is -0.110. The summed E-state index contributed by atoms with van der Waals surface area (Å²) in [6.07, 6.45) is 0.857. The fraction of sp³-hybridized carbons (Fsp3) is 0.500. The molecular weight excluding hydrogens is 266 g/mol. The lowest BCUT2D eigenvalue weighted by Gasteiger charge is -2.23. The average molecular weight is 284 g/mol. The third kappa shape index (κ3) is 3.53. The fourth-order valence-corrected chi connectivity index (χ4v) is 2.32. The van der Waals surface area contributed by atoms with Gasteiger partial charge in [-0.3, -0.25) is 4.79 Å². The zero-order valence-corrected chi connectivity index (χ0v) is 11.9. The molecule has 2 rings (SSSR count). The summed E-state index contributed by atoms with van der Waals surface area (Å²) in [6, 6.07) is 5.19. The molecule has 5 heteroatoms. The van der Waals surface area contributed by atoms with Gasteiger partial charge in [0.1, 0.15) is 0 Å². The van der Waals surface area contributed by atoms with Gasteiger partial charge in [0.15, 0.2) is 11.5 Å². The van der Waals surface area contributed by atoms with E-state index < -0.39 is 0 Å². The third-order valence-electron chi connectivity index (χ3n) is 3.13. The van der Waals surface area contributed by atoms with E-state index in [1.807, 2.05) is 0 Å². The SMILES string of the molecule is CC(C)(CCCl)CNC(=O)c1ccc2c(c1)OCO2. The van der Waals surface area contributed by atoms with E-state index in [4.69, 9.17) is 21.1 Å². The van der Waals surface area contributed by atoms with Crippen LogP contribution in [0.1, 0.15) is 30.6 Å². The summed E-state index contributed by atoms with van der Waals surface area (Å²) in [5.41, 5.74) is 0.569. The number of hydrogen-bond donors (Lipinski definition) is 1. The van der Waals surface area contributed by atoms with Gasteiger partial charge in [-0.1, -0.05) is 13.8 Å². The maximum Gasteiger partial charge on any atom is 0.251 e. The van der Waals surface area contributed by atoms with Crippen LogP contribution in [0.15, 0.2) is 18.2 Å². The molecule has 1 aliphatic rings. The summed E-state index contributed by atoms with van der Waals surface area (Å²) in [5, 5.41) is 2.92. The Morgan fingerprint density at radius 2 is 2.11 bits per heavy atom. The second-order valence-electron chi connectivity index (χ2n) is 5.35. The smallest absolute Gasteiger partial charge is 0.251 e. The molecule has 1 N–H and O–H groups in total. The van der Waals surface area contributed by atoms with E-state index in [0.29, 0.717) is 29.5 Å². The van der Waals surface area contributed by atoms with Gasteiger partial charge in [-0.15, -0.1) is 11.6 Å². The summed E-state index contributed by atoms with van der Waals surface area (Å²) < 4.78 is 10.5. The molecule has 0 aromatic heterocycles. The third-order valence-corrected chi connectivity index (χ3v) is 3.32. The van der Waals surface area contributed by atoms with Crippen LogP contribution < -0.4 is 14.8 Å². The highest BCUT2D eigenvalue weighted by molar-refractivity contribution is 6.17. The zero-order valence-electron chi connectivity index (χ0n) is 11.2. The van der Waals surface area contributed by atoms with E-state index in [1.165, 1.54) is 0 Å². The Balaban J connectivity index is 1.97. The van der Waals surface area contributed by atoms with Crippen LogP contribution in [0.5, 0.6) is 11.5 Å². The van der Waals surface area contributed by atoms with Crippen molar-refractivity contribution in [1.82, 2.24) is 5.32 Å². The number of rotatable bonds is 5. The summed E-state index contributed by atoms with van der Waals surface area (Å²) in [4.78, 5) is 12.1. The normalized spacial score (nSPS) is 13.4. The van der Waals surface area contributed by atoms with Crippen molar-refractivity contribution in [1.29, 1.82) is 0 Å². The van der Waals surface area contributed by atoms with Gasteiger partial charge < -0.3 is 14.8 Å². The molecule has 0 saturated carbocycles. The number of fused-ring (bicyclic) bond motifs is 1. The van der Waals surface area contributed by atoms with Gasteiger partial charge in [-0.2, -0.15) is 0 Å². The zero-order chi connectivity index (χ0) is 13.9. The molecule has 104 valence electrons. The molecule has 0 fully saturated rings. The van der Waals surface area contributed by atoms with Crippen LogP contribution in [0.25, 0.3) is 0 Å². The van der Waals surface area contributed by atoms with Gasteiger partial charge in [-0.05, 0) is 30.0 Å². The molecular formula is C14H18ClNO3. The highest BCUT2D eigenvalue weighted by Gasteiger charge is 2.20. The van der Waals surface area contributed by atoms with Gasteiger partial charge >= 0.3 is 0 Å². The number of amides is 1. The second kappa shape index (κ2) is 5.70. The van der Waals surface area contributed by atoms with Gasteiger partial charge in [0.2, 0.25) is 6.79 Å². The van der Waals surface area contributed by atoms with Crippen molar-refractivity contribution < 1.29 is 14.3 Å². The van der Waals surface area contributed by atoms with Crippen molar-refractivity contribution in [2.24, 2.45) is 5.41 Å². The standard InChI is InChI=1S/C14H18ClNO3/c1-14(2,5-6-15)8-16-13(17)10-3-4-11-12(7-10)19-9-18-11/h3-4,7H,5-6,8-9H2,1-2H3,(H,16,17). The minimum Gasteiger partial charge on any atom is -0.454 e. The summed E-state index contributed by atoms with van der Waals surface area (Å²) in [7, 11) is 0. The molecule has 19 heavy (non-hydrogen) atoms. The van der Waals surface area contributed by atoms with Gasteiger partial charge in [0, 0.05) is 18.0 Å². The molecule has 0 bridgehead atoms. The topological polar surface area (TPSA) is 47.6 Å². The lowest BCUT2D eigenvalue weighted by Crippen LogP contribution is -2.34. The Hall–Kier alpha value is -1.42. The Morgan fingerprint density at radius 1 is 1.37 bits per heavy atom. The number of halogens is 1. The molecule has 1 heterocycles. The monoisotopic (exact) mass is 283 g/mol. The molecule has 0 unspecified atom stereocenters. The van der Waals surface area contributed by atoms with Crippen molar-refractivity contribution in [2.75, 3.05) is 19.2 Å². The molecule has 0 radical (unpaired) electrons. The minimum absolute atomic E-state index is 0.00620. The van der Waals surface area contributed by atoms with E-state index in [2.05, 4.69) is 19.2 Å². The van der Waals surface area contributed by atoms with Crippen molar-refractivity contribution in [3.63, 3.8) is 0 Å². The van der Waals surface area contributed by atoms with Crippen molar-refractivity contribution in [2.45, 2.75) is 20.3 Å². The van der Waals surface area contributed by atoms with E-state index in [9.17, 15) is 4.79 Å². The lowest BCUT2D eigenvalue weighted by atomic mass is 9.90. The molecule has 0 aliphatic carbocycles. The van der Waals surface area contributed by atoms with Crippen LogP contribution >= 0.6 is 11.6 Å². The van der Waals surface area contributed by atoms with Crippen molar-refractivity contribution >= 4 is 17.5 Å². The number of hydrogen-bond acceptors (Lipinski definition) is 3. The van der Waals surface area contributed by atoms with Gasteiger partial charge in [0.05, 0.1) is 0 Å². The van der Waals surface area contributed by atoms with Crippen LogP contribution in [0, 0.1) is 5.41 Å². The number of ether oxygens (including phenoxy) is 2.